The highest BCUT2D eigenvalue weighted by molar-refractivity contribution is 9.10. The summed E-state index contributed by atoms with van der Waals surface area (Å²) in [6, 6.07) is 8.69. The highest BCUT2D eigenvalue weighted by Crippen LogP contribution is 2.25. The Kier molecular flexibility index (Phi) is 5.01. The summed E-state index contributed by atoms with van der Waals surface area (Å²) < 4.78 is 6.54. The van der Waals surface area contributed by atoms with Crippen molar-refractivity contribution in [2.45, 2.75) is 44.4 Å². The number of hydrogen-bond donors (Lipinski definition) is 2. The molecule has 2 N–H and O–H groups in total. The molecule has 1 aromatic carbocycles. The second-order valence-corrected chi connectivity index (χ2v) is 6.39. The molecule has 0 aromatic heterocycles. The molecule has 0 bridgehead atoms. The lowest BCUT2D eigenvalue weighted by molar-refractivity contribution is -0.0273. The van der Waals surface area contributed by atoms with Crippen LogP contribution in [0, 0.1) is 0 Å². The molecule has 1 aromatic rings. The minimum absolute atomic E-state index is 0.0834. The third-order valence-electron chi connectivity index (χ3n) is 3.87. The zero-order chi connectivity index (χ0) is 13.9. The molecule has 1 saturated heterocycles. The van der Waals surface area contributed by atoms with Gasteiger partial charge in [-0.1, -0.05) is 28.1 Å². The van der Waals surface area contributed by atoms with Crippen LogP contribution in [-0.4, -0.2) is 36.0 Å². The zero-order valence-electron chi connectivity index (χ0n) is 11.5. The molecule has 3 nitrogen and oxygen atoms in total. The standard InChI is InChI=1S/C15H22BrNO2/c1-11(9-13-3-5-14(16)6-4-13)17-10-15(18)7-8-19-12(15)2/h3-6,11-12,17-18H,7-10H2,1-2H3. The highest BCUT2D eigenvalue weighted by Gasteiger charge is 2.39. The maximum Gasteiger partial charge on any atom is 0.105 e. The largest absolute Gasteiger partial charge is 0.386 e. The van der Waals surface area contributed by atoms with Gasteiger partial charge in [0, 0.05) is 30.1 Å². The number of rotatable bonds is 5. The molecule has 0 saturated carbocycles. The molecule has 0 amide bonds. The van der Waals surface area contributed by atoms with Crippen LogP contribution in [0.25, 0.3) is 0 Å². The summed E-state index contributed by atoms with van der Waals surface area (Å²) in [5, 5.41) is 13.8. The topological polar surface area (TPSA) is 41.5 Å². The van der Waals surface area contributed by atoms with Crippen LogP contribution in [-0.2, 0) is 11.2 Å². The molecule has 4 heteroatoms. The Morgan fingerprint density at radius 2 is 2.16 bits per heavy atom. The van der Waals surface area contributed by atoms with Crippen LogP contribution >= 0.6 is 15.9 Å². The lowest BCUT2D eigenvalue weighted by atomic mass is 9.96. The van der Waals surface area contributed by atoms with Gasteiger partial charge >= 0.3 is 0 Å². The molecular weight excluding hydrogens is 306 g/mol. The van der Waals surface area contributed by atoms with Crippen LogP contribution in [0.3, 0.4) is 0 Å². The SMILES string of the molecule is CC(Cc1ccc(Br)cc1)NCC1(O)CCOC1C. The summed E-state index contributed by atoms with van der Waals surface area (Å²) in [5.41, 5.74) is 0.583. The first-order valence-electron chi connectivity index (χ1n) is 6.81. The van der Waals surface area contributed by atoms with E-state index in [1.165, 1.54) is 5.56 Å². The fourth-order valence-corrected chi connectivity index (χ4v) is 2.66. The highest BCUT2D eigenvalue weighted by atomic mass is 79.9. The van der Waals surface area contributed by atoms with E-state index < -0.39 is 5.60 Å². The Morgan fingerprint density at radius 1 is 1.47 bits per heavy atom. The normalized spacial score (nSPS) is 28.5. The van der Waals surface area contributed by atoms with Gasteiger partial charge in [0.2, 0.25) is 0 Å². The lowest BCUT2D eigenvalue weighted by Gasteiger charge is -2.28. The summed E-state index contributed by atoms with van der Waals surface area (Å²) in [7, 11) is 0. The van der Waals surface area contributed by atoms with Crippen molar-refractivity contribution in [3.63, 3.8) is 0 Å². The first kappa shape index (κ1) is 15.0. The molecule has 0 aliphatic carbocycles. The van der Waals surface area contributed by atoms with Gasteiger partial charge < -0.3 is 15.2 Å². The number of ether oxygens (including phenoxy) is 1. The Labute approximate surface area is 123 Å². The molecule has 1 aliphatic rings. The van der Waals surface area contributed by atoms with Crippen molar-refractivity contribution in [3.05, 3.63) is 34.3 Å². The van der Waals surface area contributed by atoms with Crippen molar-refractivity contribution in [2.24, 2.45) is 0 Å². The molecule has 106 valence electrons. The molecule has 1 fully saturated rings. The molecule has 1 aliphatic heterocycles. The van der Waals surface area contributed by atoms with Gasteiger partial charge in [-0.3, -0.25) is 0 Å². The average molecular weight is 328 g/mol. The monoisotopic (exact) mass is 327 g/mol. The first-order chi connectivity index (χ1) is 8.99. The van der Waals surface area contributed by atoms with Gasteiger partial charge in [0.15, 0.2) is 0 Å². The van der Waals surface area contributed by atoms with E-state index in [1.807, 2.05) is 6.92 Å². The van der Waals surface area contributed by atoms with Crippen molar-refractivity contribution in [1.29, 1.82) is 0 Å². The Morgan fingerprint density at radius 3 is 2.74 bits per heavy atom. The van der Waals surface area contributed by atoms with Gasteiger partial charge in [-0.15, -0.1) is 0 Å². The van der Waals surface area contributed by atoms with Crippen molar-refractivity contribution < 1.29 is 9.84 Å². The van der Waals surface area contributed by atoms with Crippen LogP contribution in [0.1, 0.15) is 25.8 Å². The van der Waals surface area contributed by atoms with Crippen molar-refractivity contribution >= 4 is 15.9 Å². The van der Waals surface area contributed by atoms with E-state index in [1.54, 1.807) is 0 Å². The molecule has 3 unspecified atom stereocenters. The molecule has 19 heavy (non-hydrogen) atoms. The van der Waals surface area contributed by atoms with Gasteiger partial charge in [-0.05, 0) is 38.0 Å². The average Bonchev–Trinajstić information content (AvgIpc) is 2.71. The van der Waals surface area contributed by atoms with Crippen LogP contribution in [0.15, 0.2) is 28.7 Å². The summed E-state index contributed by atoms with van der Waals surface area (Å²) >= 11 is 3.44. The van der Waals surface area contributed by atoms with Gasteiger partial charge in [-0.25, -0.2) is 0 Å². The van der Waals surface area contributed by atoms with Crippen LogP contribution in [0.5, 0.6) is 0 Å². The van der Waals surface area contributed by atoms with E-state index >= 15 is 0 Å². The van der Waals surface area contributed by atoms with Crippen molar-refractivity contribution in [1.82, 2.24) is 5.32 Å². The molecule has 1 heterocycles. The number of aliphatic hydroxyl groups is 1. The number of benzene rings is 1. The summed E-state index contributed by atoms with van der Waals surface area (Å²) in [6.45, 7) is 5.33. The summed E-state index contributed by atoms with van der Waals surface area (Å²) in [4.78, 5) is 0. The van der Waals surface area contributed by atoms with Gasteiger partial charge in [0.25, 0.3) is 0 Å². The zero-order valence-corrected chi connectivity index (χ0v) is 13.1. The third kappa shape index (κ3) is 4.02. The maximum atomic E-state index is 10.4. The fourth-order valence-electron chi connectivity index (χ4n) is 2.40. The van der Waals surface area contributed by atoms with Crippen LogP contribution < -0.4 is 5.32 Å². The van der Waals surface area contributed by atoms with E-state index in [0.29, 0.717) is 25.6 Å². The number of halogens is 1. The van der Waals surface area contributed by atoms with Gasteiger partial charge in [0.1, 0.15) is 5.60 Å². The van der Waals surface area contributed by atoms with E-state index in [2.05, 4.69) is 52.4 Å². The van der Waals surface area contributed by atoms with E-state index in [9.17, 15) is 5.11 Å². The smallest absolute Gasteiger partial charge is 0.105 e. The predicted molar refractivity (Wildman–Crippen MR) is 80.3 cm³/mol. The van der Waals surface area contributed by atoms with Gasteiger partial charge in [-0.2, -0.15) is 0 Å². The first-order valence-corrected chi connectivity index (χ1v) is 7.61. The van der Waals surface area contributed by atoms with Crippen molar-refractivity contribution in [3.8, 4) is 0 Å². The summed E-state index contributed by atoms with van der Waals surface area (Å²) in [5.74, 6) is 0. The van der Waals surface area contributed by atoms with E-state index in [-0.39, 0.29) is 6.10 Å². The molecule has 2 rings (SSSR count). The molecule has 0 radical (unpaired) electrons. The third-order valence-corrected chi connectivity index (χ3v) is 4.40. The van der Waals surface area contributed by atoms with E-state index in [4.69, 9.17) is 4.74 Å². The maximum absolute atomic E-state index is 10.4. The Hall–Kier alpha value is -0.420. The van der Waals surface area contributed by atoms with E-state index in [0.717, 1.165) is 10.9 Å². The van der Waals surface area contributed by atoms with Crippen LogP contribution in [0.4, 0.5) is 0 Å². The predicted octanol–water partition coefficient (Wildman–Crippen LogP) is 2.51. The fraction of sp³-hybridized carbons (Fsp3) is 0.600. The molecular formula is C15H22BrNO2. The number of nitrogens with one attached hydrogen (secondary N) is 1. The number of hydrogen-bond acceptors (Lipinski definition) is 3. The quantitative estimate of drug-likeness (QED) is 0.873. The Balaban J connectivity index is 1.81. The second-order valence-electron chi connectivity index (χ2n) is 5.48. The van der Waals surface area contributed by atoms with Crippen LogP contribution in [0.2, 0.25) is 0 Å². The minimum Gasteiger partial charge on any atom is -0.386 e. The second kappa shape index (κ2) is 6.35. The Bertz CT molecular complexity index is 409. The molecule has 0 spiro atoms. The van der Waals surface area contributed by atoms with Crippen molar-refractivity contribution in [2.75, 3.05) is 13.2 Å². The lowest BCUT2D eigenvalue weighted by Crippen LogP contribution is -2.48. The summed E-state index contributed by atoms with van der Waals surface area (Å²) in [6.07, 6.45) is 1.59. The van der Waals surface area contributed by atoms with Gasteiger partial charge in [0.05, 0.1) is 6.10 Å². The minimum atomic E-state index is -0.714. The molecule has 3 atom stereocenters.